The van der Waals surface area contributed by atoms with Crippen molar-refractivity contribution in [2.45, 2.75) is 32.6 Å². The van der Waals surface area contributed by atoms with E-state index in [0.29, 0.717) is 25.6 Å². The minimum absolute atomic E-state index is 0.241. The first-order chi connectivity index (χ1) is 6.83. The van der Waals surface area contributed by atoms with Crippen LogP contribution in [0.15, 0.2) is 0 Å². The van der Waals surface area contributed by atoms with Gasteiger partial charge in [0.05, 0.1) is 0 Å². The van der Waals surface area contributed by atoms with Gasteiger partial charge in [0.15, 0.2) is 5.78 Å². The highest BCUT2D eigenvalue weighted by atomic mass is 16.5. The van der Waals surface area contributed by atoms with Crippen molar-refractivity contribution in [2.75, 3.05) is 26.4 Å². The lowest BCUT2D eigenvalue weighted by Gasteiger charge is -2.21. The Morgan fingerprint density at radius 2 is 2.14 bits per heavy atom. The Balaban J connectivity index is 2.06. The molecule has 0 saturated carbocycles. The SMILES string of the molecule is CCCOCC(=O)CC1CCOCC1. The summed E-state index contributed by atoms with van der Waals surface area (Å²) in [7, 11) is 0. The molecule has 1 heterocycles. The van der Waals surface area contributed by atoms with E-state index < -0.39 is 0 Å². The van der Waals surface area contributed by atoms with Gasteiger partial charge < -0.3 is 9.47 Å². The first-order valence-corrected chi connectivity index (χ1v) is 5.50. The number of carbonyl (C=O) groups is 1. The molecule has 0 amide bonds. The van der Waals surface area contributed by atoms with Crippen LogP contribution in [-0.4, -0.2) is 32.2 Å². The summed E-state index contributed by atoms with van der Waals surface area (Å²) in [5.74, 6) is 0.770. The van der Waals surface area contributed by atoms with Crippen LogP contribution in [0.2, 0.25) is 0 Å². The minimum Gasteiger partial charge on any atom is -0.381 e. The van der Waals surface area contributed by atoms with Crippen LogP contribution < -0.4 is 0 Å². The van der Waals surface area contributed by atoms with E-state index in [-0.39, 0.29) is 5.78 Å². The zero-order chi connectivity index (χ0) is 10.2. The van der Waals surface area contributed by atoms with E-state index in [4.69, 9.17) is 9.47 Å². The molecular weight excluding hydrogens is 180 g/mol. The summed E-state index contributed by atoms with van der Waals surface area (Å²) in [6, 6.07) is 0. The van der Waals surface area contributed by atoms with Crippen LogP contribution in [0.3, 0.4) is 0 Å². The first kappa shape index (κ1) is 11.7. The summed E-state index contributed by atoms with van der Waals surface area (Å²) in [5, 5.41) is 0. The number of ketones is 1. The fourth-order valence-corrected chi connectivity index (χ4v) is 1.66. The van der Waals surface area contributed by atoms with Gasteiger partial charge in [-0.15, -0.1) is 0 Å². The van der Waals surface area contributed by atoms with Crippen molar-refractivity contribution in [3.05, 3.63) is 0 Å². The first-order valence-electron chi connectivity index (χ1n) is 5.50. The molecule has 1 aliphatic rings. The normalized spacial score (nSPS) is 18.4. The van der Waals surface area contributed by atoms with Crippen LogP contribution in [0, 0.1) is 5.92 Å². The second-order valence-corrected chi connectivity index (χ2v) is 3.85. The zero-order valence-corrected chi connectivity index (χ0v) is 8.96. The molecule has 0 atom stereocenters. The maximum atomic E-state index is 11.4. The highest BCUT2D eigenvalue weighted by molar-refractivity contribution is 5.79. The van der Waals surface area contributed by atoms with E-state index in [1.54, 1.807) is 0 Å². The molecule has 0 bridgehead atoms. The average molecular weight is 200 g/mol. The lowest BCUT2D eigenvalue weighted by Crippen LogP contribution is -2.20. The summed E-state index contributed by atoms with van der Waals surface area (Å²) >= 11 is 0. The Morgan fingerprint density at radius 3 is 2.79 bits per heavy atom. The summed E-state index contributed by atoms with van der Waals surface area (Å²) in [5.41, 5.74) is 0. The maximum absolute atomic E-state index is 11.4. The molecule has 3 heteroatoms. The van der Waals surface area contributed by atoms with Crippen LogP contribution in [0.4, 0.5) is 0 Å². The van der Waals surface area contributed by atoms with Gasteiger partial charge in [-0.25, -0.2) is 0 Å². The smallest absolute Gasteiger partial charge is 0.158 e. The molecule has 1 fully saturated rings. The molecule has 0 aromatic rings. The third kappa shape index (κ3) is 4.72. The van der Waals surface area contributed by atoms with Crippen molar-refractivity contribution < 1.29 is 14.3 Å². The third-order valence-electron chi connectivity index (χ3n) is 2.47. The van der Waals surface area contributed by atoms with Gasteiger partial charge in [-0.3, -0.25) is 4.79 Å². The fourth-order valence-electron chi connectivity index (χ4n) is 1.66. The van der Waals surface area contributed by atoms with E-state index in [9.17, 15) is 4.79 Å². The number of hydrogen-bond donors (Lipinski definition) is 0. The number of rotatable bonds is 6. The Labute approximate surface area is 85.8 Å². The summed E-state index contributed by atoms with van der Waals surface area (Å²) < 4.78 is 10.4. The predicted molar refractivity (Wildman–Crippen MR) is 54.3 cm³/mol. The highest BCUT2D eigenvalue weighted by Crippen LogP contribution is 2.18. The van der Waals surface area contributed by atoms with Gasteiger partial charge in [0.1, 0.15) is 6.61 Å². The van der Waals surface area contributed by atoms with E-state index >= 15 is 0 Å². The number of ether oxygens (including phenoxy) is 2. The van der Waals surface area contributed by atoms with Crippen molar-refractivity contribution >= 4 is 5.78 Å². The van der Waals surface area contributed by atoms with Gasteiger partial charge in [0.2, 0.25) is 0 Å². The van der Waals surface area contributed by atoms with Gasteiger partial charge in [0, 0.05) is 26.2 Å². The van der Waals surface area contributed by atoms with Crippen LogP contribution in [0.5, 0.6) is 0 Å². The fraction of sp³-hybridized carbons (Fsp3) is 0.909. The molecule has 1 saturated heterocycles. The van der Waals surface area contributed by atoms with Crippen LogP contribution in [0.1, 0.15) is 32.6 Å². The van der Waals surface area contributed by atoms with Gasteiger partial charge in [0.25, 0.3) is 0 Å². The molecule has 1 rings (SSSR count). The molecule has 0 unspecified atom stereocenters. The lowest BCUT2D eigenvalue weighted by molar-refractivity contribution is -0.125. The van der Waals surface area contributed by atoms with Crippen molar-refractivity contribution in [2.24, 2.45) is 5.92 Å². The summed E-state index contributed by atoms with van der Waals surface area (Å²) in [6.45, 7) is 4.66. The number of carbonyl (C=O) groups excluding carboxylic acids is 1. The lowest BCUT2D eigenvalue weighted by atomic mass is 9.95. The van der Waals surface area contributed by atoms with E-state index in [1.807, 2.05) is 6.92 Å². The second kappa shape index (κ2) is 6.96. The molecule has 1 aliphatic heterocycles. The monoisotopic (exact) mass is 200 g/mol. The molecule has 3 nitrogen and oxygen atoms in total. The van der Waals surface area contributed by atoms with E-state index in [1.165, 1.54) is 0 Å². The van der Waals surface area contributed by atoms with Crippen molar-refractivity contribution in [1.82, 2.24) is 0 Å². The summed E-state index contributed by atoms with van der Waals surface area (Å²) in [6.07, 6.45) is 3.71. The molecule has 82 valence electrons. The highest BCUT2D eigenvalue weighted by Gasteiger charge is 2.17. The van der Waals surface area contributed by atoms with Crippen LogP contribution in [0.25, 0.3) is 0 Å². The Kier molecular flexibility index (Phi) is 5.80. The number of hydrogen-bond acceptors (Lipinski definition) is 3. The van der Waals surface area contributed by atoms with Crippen molar-refractivity contribution in [3.63, 3.8) is 0 Å². The van der Waals surface area contributed by atoms with Gasteiger partial charge in [-0.05, 0) is 25.2 Å². The molecular formula is C11H20O3. The van der Waals surface area contributed by atoms with E-state index in [2.05, 4.69) is 0 Å². The van der Waals surface area contributed by atoms with E-state index in [0.717, 1.165) is 32.5 Å². The molecule has 14 heavy (non-hydrogen) atoms. The molecule has 0 aromatic carbocycles. The Hall–Kier alpha value is -0.410. The van der Waals surface area contributed by atoms with Crippen molar-refractivity contribution in [3.8, 4) is 0 Å². The Bertz CT molecular complexity index is 162. The molecule has 0 N–H and O–H groups in total. The number of Topliss-reactive ketones (excluding diaryl/α,β-unsaturated/α-hetero) is 1. The molecule has 0 aromatic heterocycles. The Morgan fingerprint density at radius 1 is 1.43 bits per heavy atom. The van der Waals surface area contributed by atoms with Crippen molar-refractivity contribution in [1.29, 1.82) is 0 Å². The minimum atomic E-state index is 0.241. The topological polar surface area (TPSA) is 35.5 Å². The largest absolute Gasteiger partial charge is 0.381 e. The summed E-state index contributed by atoms with van der Waals surface area (Å²) in [4.78, 5) is 11.4. The van der Waals surface area contributed by atoms with Crippen LogP contribution in [-0.2, 0) is 14.3 Å². The standard InChI is InChI=1S/C11H20O3/c1-2-5-14-9-11(12)8-10-3-6-13-7-4-10/h10H,2-9H2,1H3. The maximum Gasteiger partial charge on any atom is 0.158 e. The molecule has 0 spiro atoms. The zero-order valence-electron chi connectivity index (χ0n) is 8.96. The average Bonchev–Trinajstić information content (AvgIpc) is 2.20. The van der Waals surface area contributed by atoms with Gasteiger partial charge >= 0.3 is 0 Å². The predicted octanol–water partition coefficient (Wildman–Crippen LogP) is 1.80. The molecule has 0 aliphatic carbocycles. The third-order valence-corrected chi connectivity index (χ3v) is 2.47. The van der Waals surface area contributed by atoms with Gasteiger partial charge in [-0.2, -0.15) is 0 Å². The second-order valence-electron chi connectivity index (χ2n) is 3.85. The molecule has 0 radical (unpaired) electrons. The van der Waals surface area contributed by atoms with Gasteiger partial charge in [-0.1, -0.05) is 6.92 Å². The quantitative estimate of drug-likeness (QED) is 0.613. The van der Waals surface area contributed by atoms with Crippen LogP contribution >= 0.6 is 0 Å².